The molecule has 0 unspecified atom stereocenters. The maximum atomic E-state index is 12.7. The van der Waals surface area contributed by atoms with Gasteiger partial charge in [-0.05, 0) is 43.7 Å². The molecule has 2 amide bonds. The van der Waals surface area contributed by atoms with E-state index in [1.165, 1.54) is 14.0 Å². The Hall–Kier alpha value is -2.77. The van der Waals surface area contributed by atoms with E-state index in [0.29, 0.717) is 73.3 Å². The molecule has 0 bridgehead atoms. The van der Waals surface area contributed by atoms with Gasteiger partial charge in [0.1, 0.15) is 0 Å². The van der Waals surface area contributed by atoms with Gasteiger partial charge in [0.15, 0.2) is 17.3 Å². The van der Waals surface area contributed by atoms with Crippen molar-refractivity contribution in [2.75, 3.05) is 39.9 Å². The number of ether oxygens (including phenoxy) is 2. The lowest BCUT2D eigenvalue weighted by atomic mass is 10.1. The number of methoxy groups -OCH3 is 1. The van der Waals surface area contributed by atoms with E-state index in [9.17, 15) is 14.4 Å². The van der Waals surface area contributed by atoms with Crippen molar-refractivity contribution in [3.63, 3.8) is 0 Å². The van der Waals surface area contributed by atoms with Gasteiger partial charge in [-0.1, -0.05) is 29.3 Å². The molecule has 0 aliphatic carbocycles. The Morgan fingerprint density at radius 3 is 2.33 bits per heavy atom. The highest BCUT2D eigenvalue weighted by Crippen LogP contribution is 2.29. The van der Waals surface area contributed by atoms with Crippen LogP contribution in [-0.2, 0) is 4.79 Å². The predicted octanol–water partition coefficient (Wildman–Crippen LogP) is 4.35. The molecule has 2 aromatic rings. The van der Waals surface area contributed by atoms with Crippen LogP contribution >= 0.6 is 23.2 Å². The van der Waals surface area contributed by atoms with Gasteiger partial charge in [0.05, 0.1) is 29.3 Å². The number of Topliss-reactive ketones (excluding diaryl/α,β-unsaturated/α-hetero) is 1. The molecule has 0 saturated carbocycles. The van der Waals surface area contributed by atoms with Crippen molar-refractivity contribution in [2.45, 2.75) is 19.8 Å². The molecule has 176 valence electrons. The Labute approximate surface area is 203 Å². The quantitative estimate of drug-likeness (QED) is 0.404. The molecule has 0 aromatic heterocycles. The van der Waals surface area contributed by atoms with Gasteiger partial charge in [-0.3, -0.25) is 14.4 Å². The number of rotatable bonds is 8. The lowest BCUT2D eigenvalue weighted by Gasteiger charge is -2.35. The van der Waals surface area contributed by atoms with Gasteiger partial charge < -0.3 is 19.3 Å². The van der Waals surface area contributed by atoms with Crippen LogP contribution in [0.2, 0.25) is 10.0 Å². The lowest BCUT2D eigenvalue weighted by Crippen LogP contribution is -2.50. The molecule has 1 fully saturated rings. The number of ketones is 1. The Morgan fingerprint density at radius 1 is 0.970 bits per heavy atom. The number of benzene rings is 2. The van der Waals surface area contributed by atoms with Crippen molar-refractivity contribution in [2.24, 2.45) is 0 Å². The van der Waals surface area contributed by atoms with Crippen LogP contribution in [0.3, 0.4) is 0 Å². The maximum absolute atomic E-state index is 12.7. The third-order valence-corrected chi connectivity index (χ3v) is 6.28. The van der Waals surface area contributed by atoms with Gasteiger partial charge in [0.2, 0.25) is 5.91 Å². The third kappa shape index (κ3) is 6.18. The summed E-state index contributed by atoms with van der Waals surface area (Å²) in [7, 11) is 1.51. The summed E-state index contributed by atoms with van der Waals surface area (Å²) < 4.78 is 11.0. The van der Waals surface area contributed by atoms with E-state index in [4.69, 9.17) is 32.7 Å². The highest BCUT2D eigenvalue weighted by Gasteiger charge is 2.26. The van der Waals surface area contributed by atoms with Gasteiger partial charge >= 0.3 is 0 Å². The summed E-state index contributed by atoms with van der Waals surface area (Å²) >= 11 is 12.2. The third-order valence-electron chi connectivity index (χ3n) is 5.46. The van der Waals surface area contributed by atoms with Crippen molar-refractivity contribution >= 4 is 40.8 Å². The Kier molecular flexibility index (Phi) is 8.58. The summed E-state index contributed by atoms with van der Waals surface area (Å²) in [6, 6.07) is 9.99. The van der Waals surface area contributed by atoms with E-state index in [0.717, 1.165) is 0 Å². The summed E-state index contributed by atoms with van der Waals surface area (Å²) in [5.74, 6) is 0.789. The fraction of sp³-hybridized carbons (Fsp3) is 0.375. The van der Waals surface area contributed by atoms with Crippen LogP contribution in [0.5, 0.6) is 11.5 Å². The first-order valence-electron chi connectivity index (χ1n) is 10.6. The minimum Gasteiger partial charge on any atom is -0.493 e. The second-order valence-electron chi connectivity index (χ2n) is 7.65. The van der Waals surface area contributed by atoms with Crippen molar-refractivity contribution in [1.82, 2.24) is 9.80 Å². The van der Waals surface area contributed by atoms with E-state index in [1.54, 1.807) is 46.2 Å². The van der Waals surface area contributed by atoms with Crippen LogP contribution in [0.15, 0.2) is 36.4 Å². The summed E-state index contributed by atoms with van der Waals surface area (Å²) in [4.78, 5) is 40.2. The minimum atomic E-state index is -0.187. The second kappa shape index (κ2) is 11.4. The molecule has 1 heterocycles. The zero-order valence-electron chi connectivity index (χ0n) is 18.6. The molecule has 2 aromatic carbocycles. The molecule has 0 atom stereocenters. The number of amides is 2. The number of hydrogen-bond donors (Lipinski definition) is 0. The van der Waals surface area contributed by atoms with E-state index < -0.39 is 0 Å². The molecule has 3 rings (SSSR count). The molecule has 0 radical (unpaired) electrons. The molecule has 1 aliphatic rings. The van der Waals surface area contributed by atoms with Crippen molar-refractivity contribution in [1.29, 1.82) is 0 Å². The highest BCUT2D eigenvalue weighted by molar-refractivity contribution is 6.43. The van der Waals surface area contributed by atoms with Crippen LogP contribution in [0, 0.1) is 0 Å². The van der Waals surface area contributed by atoms with E-state index in [-0.39, 0.29) is 22.6 Å². The summed E-state index contributed by atoms with van der Waals surface area (Å²) in [6.07, 6.45) is 0.871. The van der Waals surface area contributed by atoms with Crippen molar-refractivity contribution < 1.29 is 23.9 Å². The molecular formula is C24H26Cl2N2O5. The maximum Gasteiger partial charge on any atom is 0.255 e. The predicted molar refractivity (Wildman–Crippen MR) is 127 cm³/mol. The van der Waals surface area contributed by atoms with E-state index >= 15 is 0 Å². The average molecular weight is 493 g/mol. The Bertz CT molecular complexity index is 1040. The van der Waals surface area contributed by atoms with Crippen LogP contribution in [0.25, 0.3) is 0 Å². The summed E-state index contributed by atoms with van der Waals surface area (Å²) in [5, 5.41) is 0.584. The Balaban J connectivity index is 1.44. The SMILES string of the molecule is COc1cc(C(C)=O)ccc1OCCCC(=O)N1CCN(C(=O)c2cccc(Cl)c2Cl)CC1. The van der Waals surface area contributed by atoms with Gasteiger partial charge in [0.25, 0.3) is 5.91 Å². The number of nitrogens with zero attached hydrogens (tertiary/aromatic N) is 2. The van der Waals surface area contributed by atoms with Crippen LogP contribution < -0.4 is 9.47 Å². The van der Waals surface area contributed by atoms with Gasteiger partial charge in [-0.15, -0.1) is 0 Å². The molecule has 33 heavy (non-hydrogen) atoms. The lowest BCUT2D eigenvalue weighted by molar-refractivity contribution is -0.132. The summed E-state index contributed by atoms with van der Waals surface area (Å²) in [5.41, 5.74) is 0.914. The molecule has 0 N–H and O–H groups in total. The van der Waals surface area contributed by atoms with E-state index in [2.05, 4.69) is 0 Å². The summed E-state index contributed by atoms with van der Waals surface area (Å²) in [6.45, 7) is 3.62. The molecule has 7 nitrogen and oxygen atoms in total. The number of hydrogen-bond acceptors (Lipinski definition) is 5. The van der Waals surface area contributed by atoms with E-state index in [1.807, 2.05) is 0 Å². The normalized spacial score (nSPS) is 13.6. The molecular weight excluding hydrogens is 467 g/mol. The monoisotopic (exact) mass is 492 g/mol. The van der Waals surface area contributed by atoms with Gasteiger partial charge in [-0.2, -0.15) is 0 Å². The van der Waals surface area contributed by atoms with Crippen LogP contribution in [0.4, 0.5) is 0 Å². The minimum absolute atomic E-state index is 0.0189. The Morgan fingerprint density at radius 2 is 1.67 bits per heavy atom. The molecule has 9 heteroatoms. The zero-order chi connectivity index (χ0) is 24.0. The fourth-order valence-electron chi connectivity index (χ4n) is 3.57. The number of piperazine rings is 1. The first-order chi connectivity index (χ1) is 15.8. The second-order valence-corrected chi connectivity index (χ2v) is 8.43. The topological polar surface area (TPSA) is 76.2 Å². The first kappa shape index (κ1) is 24.9. The number of carbonyl (C=O) groups excluding carboxylic acids is 3. The van der Waals surface area contributed by atoms with Gasteiger partial charge in [0, 0.05) is 38.2 Å². The van der Waals surface area contributed by atoms with Crippen molar-refractivity contribution in [3.05, 3.63) is 57.6 Å². The zero-order valence-corrected chi connectivity index (χ0v) is 20.1. The average Bonchev–Trinajstić information content (AvgIpc) is 2.83. The van der Waals surface area contributed by atoms with Gasteiger partial charge in [-0.25, -0.2) is 0 Å². The van der Waals surface area contributed by atoms with Crippen LogP contribution in [-0.4, -0.2) is 67.3 Å². The van der Waals surface area contributed by atoms with Crippen molar-refractivity contribution in [3.8, 4) is 11.5 Å². The molecule has 1 aliphatic heterocycles. The fourth-order valence-corrected chi connectivity index (χ4v) is 3.95. The smallest absolute Gasteiger partial charge is 0.255 e. The standard InChI is InChI=1S/C24H26Cl2N2O5/c1-16(29)17-8-9-20(21(15-17)32-2)33-14-4-7-22(30)27-10-12-28(13-11-27)24(31)18-5-3-6-19(25)23(18)26/h3,5-6,8-9,15H,4,7,10-14H2,1-2H3. The largest absolute Gasteiger partial charge is 0.493 e. The highest BCUT2D eigenvalue weighted by atomic mass is 35.5. The molecule has 0 spiro atoms. The number of halogens is 2. The van der Waals surface area contributed by atoms with Crippen LogP contribution in [0.1, 0.15) is 40.5 Å². The first-order valence-corrected chi connectivity index (χ1v) is 11.4. The molecule has 1 saturated heterocycles. The number of carbonyl (C=O) groups is 3.